The van der Waals surface area contributed by atoms with Crippen LogP contribution in [0.5, 0.6) is 5.75 Å². The summed E-state index contributed by atoms with van der Waals surface area (Å²) in [5.41, 5.74) is 2.42. The van der Waals surface area contributed by atoms with Gasteiger partial charge in [-0.3, -0.25) is 9.36 Å². The number of aromatic nitrogens is 3. The van der Waals surface area contributed by atoms with Gasteiger partial charge in [-0.05, 0) is 49.4 Å². The number of amides is 1. The molecule has 33 heavy (non-hydrogen) atoms. The molecule has 0 radical (unpaired) electrons. The molecule has 0 spiro atoms. The molecule has 1 aliphatic rings. The number of aryl methyl sites for hydroxylation is 1. The van der Waals surface area contributed by atoms with Crippen molar-refractivity contribution in [2.45, 2.75) is 37.4 Å². The quantitative estimate of drug-likeness (QED) is 0.332. The fourth-order valence-electron chi connectivity index (χ4n) is 3.81. The minimum Gasteiger partial charge on any atom is -0.496 e. The third kappa shape index (κ3) is 4.93. The number of carbonyl (C=O) groups excluding carboxylic acids is 1. The Kier molecular flexibility index (Phi) is 7.38. The fourth-order valence-corrected chi connectivity index (χ4v) is 5.98. The van der Waals surface area contributed by atoms with Gasteiger partial charge in [0.2, 0.25) is 5.91 Å². The Bertz CT molecular complexity index is 1240. The molecule has 0 fully saturated rings. The molecule has 2 heterocycles. The number of carbonyl (C=O) groups is 1. The van der Waals surface area contributed by atoms with E-state index in [1.165, 1.54) is 28.0 Å². The van der Waals surface area contributed by atoms with Gasteiger partial charge in [0, 0.05) is 16.4 Å². The summed E-state index contributed by atoms with van der Waals surface area (Å²) < 4.78 is 7.32. The van der Waals surface area contributed by atoms with Crippen molar-refractivity contribution in [1.82, 2.24) is 14.8 Å². The molecule has 10 heteroatoms. The second-order valence-corrected chi connectivity index (χ2v) is 9.90. The van der Waals surface area contributed by atoms with E-state index in [-0.39, 0.29) is 11.7 Å². The van der Waals surface area contributed by atoms with Crippen molar-refractivity contribution in [3.63, 3.8) is 0 Å². The first kappa shape index (κ1) is 23.4. The number of halogens is 1. The Morgan fingerprint density at radius 2 is 2.24 bits per heavy atom. The number of nitrogens with zero attached hydrogens (tertiary/aromatic N) is 4. The van der Waals surface area contributed by atoms with Crippen LogP contribution in [0.25, 0.3) is 11.4 Å². The molecule has 7 nitrogen and oxygen atoms in total. The second kappa shape index (κ2) is 10.4. The van der Waals surface area contributed by atoms with Crippen LogP contribution in [0.4, 0.5) is 5.00 Å². The van der Waals surface area contributed by atoms with Crippen LogP contribution in [0.1, 0.15) is 28.8 Å². The van der Waals surface area contributed by atoms with E-state index in [0.29, 0.717) is 44.4 Å². The van der Waals surface area contributed by atoms with Gasteiger partial charge in [-0.2, -0.15) is 5.26 Å². The maximum absolute atomic E-state index is 12.7. The van der Waals surface area contributed by atoms with E-state index in [9.17, 15) is 10.1 Å². The molecule has 170 valence electrons. The van der Waals surface area contributed by atoms with E-state index in [1.54, 1.807) is 31.4 Å². The molecule has 2 aromatic heterocycles. The van der Waals surface area contributed by atoms with Crippen molar-refractivity contribution in [2.24, 2.45) is 0 Å². The number of thioether (sulfide) groups is 1. The van der Waals surface area contributed by atoms with E-state index >= 15 is 0 Å². The summed E-state index contributed by atoms with van der Waals surface area (Å²) in [7, 11) is 1.58. The molecule has 0 saturated heterocycles. The Morgan fingerprint density at radius 3 is 3.00 bits per heavy atom. The standard InChI is InChI=1S/C23H22ClN5O2S2/c1-3-10-29-21(16-11-14(24)8-9-18(16)31-2)27-28-23(29)32-13-20(30)26-22-17(12-25)15-6-4-5-7-19(15)33-22/h3,8-9,11H,1,4-7,10,13H2,2H3,(H,26,30). The molecule has 0 atom stereocenters. The van der Waals surface area contributed by atoms with Gasteiger partial charge in [-0.15, -0.1) is 28.1 Å². The van der Waals surface area contributed by atoms with Gasteiger partial charge in [0.05, 0.1) is 24.0 Å². The molecule has 1 aromatic carbocycles. The number of hydrogen-bond acceptors (Lipinski definition) is 7. The number of anilines is 1. The zero-order valence-corrected chi connectivity index (χ0v) is 20.4. The van der Waals surface area contributed by atoms with Crippen molar-refractivity contribution < 1.29 is 9.53 Å². The van der Waals surface area contributed by atoms with Crippen LogP contribution in [0, 0.1) is 11.3 Å². The number of nitrogens with one attached hydrogen (secondary N) is 1. The van der Waals surface area contributed by atoms with Crippen molar-refractivity contribution >= 4 is 45.6 Å². The SMILES string of the molecule is C=CCn1c(SCC(=O)Nc2sc3c(c2C#N)CCCC3)nnc1-c1cc(Cl)ccc1OC. The third-order valence-electron chi connectivity index (χ3n) is 5.30. The normalized spacial score (nSPS) is 12.6. The summed E-state index contributed by atoms with van der Waals surface area (Å²) in [5.74, 6) is 1.15. The predicted octanol–water partition coefficient (Wildman–Crippen LogP) is 5.34. The van der Waals surface area contributed by atoms with E-state index < -0.39 is 0 Å². The average molecular weight is 500 g/mol. The summed E-state index contributed by atoms with van der Waals surface area (Å²) in [6, 6.07) is 7.57. The second-order valence-electron chi connectivity index (χ2n) is 7.41. The summed E-state index contributed by atoms with van der Waals surface area (Å²) in [6.45, 7) is 4.28. The number of methoxy groups -OCH3 is 1. The van der Waals surface area contributed by atoms with E-state index in [1.807, 2.05) is 4.57 Å². The molecule has 0 aliphatic heterocycles. The molecule has 1 amide bonds. The van der Waals surface area contributed by atoms with Gasteiger partial charge in [0.25, 0.3) is 0 Å². The first-order chi connectivity index (χ1) is 16.0. The lowest BCUT2D eigenvalue weighted by Gasteiger charge is -2.11. The lowest BCUT2D eigenvalue weighted by Crippen LogP contribution is -2.14. The molecule has 0 saturated carbocycles. The first-order valence-electron chi connectivity index (χ1n) is 10.4. The van der Waals surface area contributed by atoms with Crippen LogP contribution in [0.3, 0.4) is 0 Å². The molecule has 0 bridgehead atoms. The Morgan fingerprint density at radius 1 is 1.42 bits per heavy atom. The molecular weight excluding hydrogens is 478 g/mol. The minimum atomic E-state index is -0.190. The summed E-state index contributed by atoms with van der Waals surface area (Å²) in [6.07, 6.45) is 5.82. The number of ether oxygens (including phenoxy) is 1. The monoisotopic (exact) mass is 499 g/mol. The molecular formula is C23H22ClN5O2S2. The highest BCUT2D eigenvalue weighted by Gasteiger charge is 2.23. The fraction of sp³-hybridized carbons (Fsp3) is 0.304. The summed E-state index contributed by atoms with van der Waals surface area (Å²) in [5, 5.41) is 22.9. The highest BCUT2D eigenvalue weighted by Crippen LogP contribution is 2.38. The average Bonchev–Trinajstić information content (AvgIpc) is 3.38. The number of rotatable bonds is 8. The Hall–Kier alpha value is -2.80. The highest BCUT2D eigenvalue weighted by atomic mass is 35.5. The first-order valence-corrected chi connectivity index (χ1v) is 12.6. The Balaban J connectivity index is 1.52. The lowest BCUT2D eigenvalue weighted by molar-refractivity contribution is -0.113. The zero-order valence-electron chi connectivity index (χ0n) is 18.1. The van der Waals surface area contributed by atoms with Crippen LogP contribution in [0.2, 0.25) is 5.02 Å². The van der Waals surface area contributed by atoms with Gasteiger partial charge in [-0.1, -0.05) is 29.4 Å². The molecule has 1 aliphatic carbocycles. The maximum atomic E-state index is 12.7. The van der Waals surface area contributed by atoms with Gasteiger partial charge in [0.15, 0.2) is 11.0 Å². The largest absolute Gasteiger partial charge is 0.496 e. The number of fused-ring (bicyclic) bond motifs is 1. The van der Waals surface area contributed by atoms with Gasteiger partial charge < -0.3 is 10.1 Å². The van der Waals surface area contributed by atoms with Crippen molar-refractivity contribution in [3.8, 4) is 23.2 Å². The van der Waals surface area contributed by atoms with Crippen LogP contribution in [-0.4, -0.2) is 33.5 Å². The van der Waals surface area contributed by atoms with Crippen LogP contribution < -0.4 is 10.1 Å². The van der Waals surface area contributed by atoms with Gasteiger partial charge in [-0.25, -0.2) is 0 Å². The number of thiophene rings is 1. The molecule has 3 aromatic rings. The summed E-state index contributed by atoms with van der Waals surface area (Å²) in [4.78, 5) is 13.9. The van der Waals surface area contributed by atoms with E-state index in [4.69, 9.17) is 16.3 Å². The maximum Gasteiger partial charge on any atom is 0.235 e. The van der Waals surface area contributed by atoms with Crippen molar-refractivity contribution in [1.29, 1.82) is 5.26 Å². The van der Waals surface area contributed by atoms with E-state index in [0.717, 1.165) is 31.2 Å². The number of benzene rings is 1. The molecule has 4 rings (SSSR count). The Labute approximate surface area is 205 Å². The number of allylic oxidation sites excluding steroid dienone is 1. The topological polar surface area (TPSA) is 92.8 Å². The predicted molar refractivity (Wildman–Crippen MR) is 132 cm³/mol. The van der Waals surface area contributed by atoms with Gasteiger partial charge >= 0.3 is 0 Å². The van der Waals surface area contributed by atoms with Crippen LogP contribution in [0.15, 0.2) is 36.0 Å². The molecule has 1 N–H and O–H groups in total. The number of hydrogen-bond donors (Lipinski definition) is 1. The third-order valence-corrected chi connectivity index (χ3v) is 7.71. The van der Waals surface area contributed by atoms with Gasteiger partial charge in [0.1, 0.15) is 16.8 Å². The van der Waals surface area contributed by atoms with Crippen LogP contribution >= 0.6 is 34.7 Å². The van der Waals surface area contributed by atoms with Crippen molar-refractivity contribution in [3.05, 3.63) is 51.9 Å². The smallest absolute Gasteiger partial charge is 0.235 e. The van der Waals surface area contributed by atoms with Crippen LogP contribution in [-0.2, 0) is 24.2 Å². The highest BCUT2D eigenvalue weighted by molar-refractivity contribution is 7.99. The van der Waals surface area contributed by atoms with E-state index in [2.05, 4.69) is 28.2 Å². The zero-order chi connectivity index (χ0) is 23.4. The number of nitriles is 1. The summed E-state index contributed by atoms with van der Waals surface area (Å²) >= 11 is 8.98. The van der Waals surface area contributed by atoms with Crippen molar-refractivity contribution in [2.75, 3.05) is 18.2 Å². The lowest BCUT2D eigenvalue weighted by atomic mass is 9.96. The molecule has 0 unspecified atom stereocenters. The minimum absolute atomic E-state index is 0.134.